The van der Waals surface area contributed by atoms with Gasteiger partial charge in [0.25, 0.3) is 0 Å². The summed E-state index contributed by atoms with van der Waals surface area (Å²) in [6, 6.07) is 7.51. The topological polar surface area (TPSA) is 87.0 Å². The molecular weight excluding hydrogens is 368 g/mol. The van der Waals surface area contributed by atoms with E-state index in [2.05, 4.69) is 32.7 Å². The summed E-state index contributed by atoms with van der Waals surface area (Å²) in [7, 11) is 1.58. The summed E-state index contributed by atoms with van der Waals surface area (Å²) in [6.07, 6.45) is 4.41. The quantitative estimate of drug-likeness (QED) is 0.601. The highest BCUT2D eigenvalue weighted by atomic mass is 35.5. The molecule has 142 valence electrons. The number of aromatic nitrogens is 5. The Labute approximate surface area is 162 Å². The van der Waals surface area contributed by atoms with Crippen LogP contribution in [-0.4, -0.2) is 32.3 Å². The van der Waals surface area contributed by atoms with Crippen LogP contribution in [0.3, 0.4) is 0 Å². The van der Waals surface area contributed by atoms with Crippen molar-refractivity contribution in [2.24, 2.45) is 0 Å². The lowest BCUT2D eigenvalue weighted by molar-refractivity contribution is 0.284. The Kier molecular flexibility index (Phi) is 6.43. The van der Waals surface area contributed by atoms with E-state index in [1.807, 2.05) is 24.3 Å². The van der Waals surface area contributed by atoms with Crippen molar-refractivity contribution < 1.29 is 9.47 Å². The molecule has 0 unspecified atom stereocenters. The van der Waals surface area contributed by atoms with Crippen LogP contribution in [0.1, 0.15) is 24.5 Å². The normalized spacial score (nSPS) is 10.6. The van der Waals surface area contributed by atoms with Gasteiger partial charge in [-0.05, 0) is 40.6 Å². The molecule has 0 aliphatic heterocycles. The van der Waals surface area contributed by atoms with E-state index in [1.54, 1.807) is 24.2 Å². The average molecular weight is 389 g/mol. The molecule has 0 amide bonds. The highest BCUT2D eigenvalue weighted by Crippen LogP contribution is 2.37. The van der Waals surface area contributed by atoms with E-state index in [0.717, 1.165) is 24.1 Å². The Hall–Kier alpha value is -2.87. The van der Waals surface area contributed by atoms with Crippen LogP contribution in [0.25, 0.3) is 0 Å². The number of halogens is 1. The van der Waals surface area contributed by atoms with Gasteiger partial charge in [0.05, 0.1) is 12.1 Å². The molecule has 0 fully saturated rings. The van der Waals surface area contributed by atoms with Gasteiger partial charge in [-0.2, -0.15) is 0 Å². The third-order valence-corrected chi connectivity index (χ3v) is 4.09. The summed E-state index contributed by atoms with van der Waals surface area (Å²) in [5.41, 5.74) is 1.88. The average Bonchev–Trinajstić information content (AvgIpc) is 3.13. The lowest BCUT2D eigenvalue weighted by Gasteiger charge is -2.14. The predicted molar refractivity (Wildman–Crippen MR) is 102 cm³/mol. The van der Waals surface area contributed by atoms with Crippen LogP contribution in [0.2, 0.25) is 5.02 Å². The summed E-state index contributed by atoms with van der Waals surface area (Å²) in [6.45, 7) is 3.68. The summed E-state index contributed by atoms with van der Waals surface area (Å²) < 4.78 is 13.0. The monoisotopic (exact) mass is 388 g/mol. The van der Waals surface area contributed by atoms with Crippen molar-refractivity contribution in [3.63, 3.8) is 0 Å². The molecule has 1 aromatic carbocycles. The van der Waals surface area contributed by atoms with Gasteiger partial charge in [-0.15, -0.1) is 0 Å². The lowest BCUT2D eigenvalue weighted by Crippen LogP contribution is -2.09. The molecule has 3 rings (SSSR count). The zero-order valence-corrected chi connectivity index (χ0v) is 16.0. The Bertz CT molecular complexity index is 872. The molecule has 1 N–H and O–H groups in total. The largest absolute Gasteiger partial charge is 0.493 e. The van der Waals surface area contributed by atoms with Crippen molar-refractivity contribution in [3.05, 3.63) is 52.8 Å². The molecule has 0 aliphatic carbocycles. The zero-order valence-electron chi connectivity index (χ0n) is 15.2. The number of anilines is 1. The summed E-state index contributed by atoms with van der Waals surface area (Å²) in [4.78, 5) is 4.07. The van der Waals surface area contributed by atoms with Crippen LogP contribution < -0.4 is 14.8 Å². The van der Waals surface area contributed by atoms with E-state index in [4.69, 9.17) is 21.1 Å². The van der Waals surface area contributed by atoms with Crippen LogP contribution in [-0.2, 0) is 19.7 Å². The predicted octanol–water partition coefficient (Wildman–Crippen LogP) is 3.33. The van der Waals surface area contributed by atoms with Gasteiger partial charge < -0.3 is 14.8 Å². The Morgan fingerprint density at radius 1 is 1.26 bits per heavy atom. The van der Waals surface area contributed by atoms with Crippen LogP contribution in [0, 0.1) is 0 Å². The minimum Gasteiger partial charge on any atom is -0.493 e. The Morgan fingerprint density at radius 3 is 2.89 bits per heavy atom. The van der Waals surface area contributed by atoms with Gasteiger partial charge >= 0.3 is 0 Å². The van der Waals surface area contributed by atoms with Gasteiger partial charge in [0, 0.05) is 31.0 Å². The van der Waals surface area contributed by atoms with Crippen LogP contribution in [0.4, 0.5) is 5.95 Å². The molecule has 3 aromatic rings. The first-order valence-corrected chi connectivity index (χ1v) is 8.97. The first-order valence-electron chi connectivity index (χ1n) is 8.59. The third kappa shape index (κ3) is 4.85. The maximum Gasteiger partial charge on any atom is 0.243 e. The highest BCUT2D eigenvalue weighted by Gasteiger charge is 2.13. The van der Waals surface area contributed by atoms with Gasteiger partial charge in [-0.1, -0.05) is 29.7 Å². The number of nitrogens with one attached hydrogen (secondary N) is 1. The van der Waals surface area contributed by atoms with Crippen LogP contribution >= 0.6 is 11.6 Å². The molecule has 0 radical (unpaired) electrons. The first-order chi connectivity index (χ1) is 13.2. The molecule has 2 heterocycles. The van der Waals surface area contributed by atoms with E-state index >= 15 is 0 Å². The van der Waals surface area contributed by atoms with Crippen molar-refractivity contribution in [3.8, 4) is 11.5 Å². The van der Waals surface area contributed by atoms with E-state index in [-0.39, 0.29) is 0 Å². The Balaban J connectivity index is 1.70. The molecule has 2 aromatic heterocycles. The maximum absolute atomic E-state index is 6.43. The van der Waals surface area contributed by atoms with Crippen LogP contribution in [0.15, 0.2) is 36.7 Å². The van der Waals surface area contributed by atoms with Crippen molar-refractivity contribution in [1.82, 2.24) is 25.2 Å². The number of benzene rings is 1. The SMILES string of the molecule is CCCn1nnnc1NCc1cc(Cl)c(OCc2cccnc2)c(OC)c1. The van der Waals surface area contributed by atoms with Gasteiger partial charge in [-0.25, -0.2) is 4.68 Å². The number of hydrogen-bond acceptors (Lipinski definition) is 7. The molecule has 8 nitrogen and oxygen atoms in total. The van der Waals surface area contributed by atoms with Gasteiger partial charge in [0.15, 0.2) is 11.5 Å². The smallest absolute Gasteiger partial charge is 0.243 e. The van der Waals surface area contributed by atoms with E-state index in [1.165, 1.54) is 0 Å². The fourth-order valence-electron chi connectivity index (χ4n) is 2.53. The lowest BCUT2D eigenvalue weighted by atomic mass is 10.2. The first kappa shape index (κ1) is 18.9. The zero-order chi connectivity index (χ0) is 19.1. The second-order valence-corrected chi connectivity index (χ2v) is 6.25. The van der Waals surface area contributed by atoms with Gasteiger partial charge in [-0.3, -0.25) is 4.98 Å². The molecule has 0 saturated carbocycles. The number of methoxy groups -OCH3 is 1. The fourth-order valence-corrected chi connectivity index (χ4v) is 2.82. The number of tetrazole rings is 1. The van der Waals surface area contributed by atoms with Crippen LogP contribution in [0.5, 0.6) is 11.5 Å². The van der Waals surface area contributed by atoms with Crippen molar-refractivity contribution >= 4 is 17.5 Å². The van der Waals surface area contributed by atoms with Gasteiger partial charge in [0.2, 0.25) is 5.95 Å². The summed E-state index contributed by atoms with van der Waals surface area (Å²) in [5.74, 6) is 1.68. The second kappa shape index (κ2) is 9.18. The molecular formula is C18H21ClN6O2. The second-order valence-electron chi connectivity index (χ2n) is 5.84. The number of hydrogen-bond donors (Lipinski definition) is 1. The van der Waals surface area contributed by atoms with Crippen molar-refractivity contribution in [1.29, 1.82) is 0 Å². The standard InChI is InChI=1S/C18H21ClN6O2/c1-3-7-25-18(22-23-24-25)21-11-14-8-15(19)17(16(9-14)26-2)27-12-13-5-4-6-20-10-13/h4-6,8-10H,3,7,11-12H2,1-2H3,(H,21,22,24). The molecule has 0 atom stereocenters. The minimum absolute atomic E-state index is 0.354. The number of rotatable bonds is 9. The Morgan fingerprint density at radius 2 is 2.15 bits per heavy atom. The molecule has 27 heavy (non-hydrogen) atoms. The van der Waals surface area contributed by atoms with E-state index in [9.17, 15) is 0 Å². The van der Waals surface area contributed by atoms with Crippen molar-refractivity contribution in [2.45, 2.75) is 33.0 Å². The van der Waals surface area contributed by atoms with Crippen molar-refractivity contribution in [2.75, 3.05) is 12.4 Å². The van der Waals surface area contributed by atoms with E-state index in [0.29, 0.717) is 35.6 Å². The minimum atomic E-state index is 0.354. The molecule has 0 spiro atoms. The number of pyridine rings is 1. The molecule has 0 saturated heterocycles. The van der Waals surface area contributed by atoms with E-state index < -0.39 is 0 Å². The molecule has 9 heteroatoms. The summed E-state index contributed by atoms with van der Waals surface area (Å²) in [5, 5.41) is 15.3. The number of ether oxygens (including phenoxy) is 2. The highest BCUT2D eigenvalue weighted by molar-refractivity contribution is 6.32. The fraction of sp³-hybridized carbons (Fsp3) is 0.333. The molecule has 0 aliphatic rings. The molecule has 0 bridgehead atoms. The number of nitrogens with zero attached hydrogens (tertiary/aromatic N) is 5. The maximum atomic E-state index is 6.43. The van der Waals surface area contributed by atoms with Gasteiger partial charge in [0.1, 0.15) is 6.61 Å². The third-order valence-electron chi connectivity index (χ3n) is 3.81. The summed E-state index contributed by atoms with van der Waals surface area (Å²) >= 11 is 6.43. The number of aryl methyl sites for hydroxylation is 1.